The van der Waals surface area contributed by atoms with Crippen molar-refractivity contribution in [3.8, 4) is 28.7 Å². The second-order valence-electron chi connectivity index (χ2n) is 4.07. The normalized spacial score (nSPS) is 10.5. The number of halogens is 4. The number of phenolic OH excluding ortho intramolecular Hbond substituents is 1. The van der Waals surface area contributed by atoms with Gasteiger partial charge >= 0.3 is 0 Å². The van der Waals surface area contributed by atoms with E-state index in [4.69, 9.17) is 14.2 Å². The van der Waals surface area contributed by atoms with Crippen LogP contribution in [0.15, 0.2) is 36.1 Å². The maximum absolute atomic E-state index is 10.3. The predicted molar refractivity (Wildman–Crippen MR) is 98.5 cm³/mol. The molecule has 0 radical (unpaired) electrons. The molecule has 0 aromatic heterocycles. The van der Waals surface area contributed by atoms with E-state index in [0.29, 0.717) is 30.7 Å². The zero-order chi connectivity index (χ0) is 16.4. The summed E-state index contributed by atoms with van der Waals surface area (Å²) in [4.78, 5) is 0. The lowest BCUT2D eigenvalue weighted by Crippen LogP contribution is -1.96. The van der Waals surface area contributed by atoms with E-state index in [1.54, 1.807) is 12.1 Å². The molecule has 0 fully saturated rings. The van der Waals surface area contributed by atoms with Gasteiger partial charge in [0.25, 0.3) is 0 Å². The number of ether oxygens (including phenoxy) is 3. The molecule has 0 aliphatic carbocycles. The van der Waals surface area contributed by atoms with Crippen LogP contribution in [0.3, 0.4) is 0 Å². The van der Waals surface area contributed by atoms with Crippen LogP contribution in [0.4, 0.5) is 0 Å². The molecular formula is C14H10Br4O4. The fourth-order valence-electron chi connectivity index (χ4n) is 1.78. The molecule has 0 saturated carbocycles. The Kier molecular flexibility index (Phi) is 6.04. The molecule has 22 heavy (non-hydrogen) atoms. The molecule has 0 aliphatic heterocycles. The van der Waals surface area contributed by atoms with Crippen LogP contribution < -0.4 is 14.2 Å². The average Bonchev–Trinajstić information content (AvgIpc) is 2.44. The summed E-state index contributed by atoms with van der Waals surface area (Å²) in [5.74, 6) is 1.40. The van der Waals surface area contributed by atoms with Crippen molar-refractivity contribution in [2.75, 3.05) is 14.2 Å². The monoisotopic (exact) mass is 558 g/mol. The molecule has 0 saturated heterocycles. The summed E-state index contributed by atoms with van der Waals surface area (Å²) in [6.07, 6.45) is 0. The number of phenols is 1. The zero-order valence-corrected chi connectivity index (χ0v) is 17.8. The van der Waals surface area contributed by atoms with E-state index in [-0.39, 0.29) is 11.5 Å². The Morgan fingerprint density at radius 1 is 0.773 bits per heavy atom. The third-order valence-corrected chi connectivity index (χ3v) is 4.95. The van der Waals surface area contributed by atoms with Crippen LogP contribution in [0, 0.1) is 0 Å². The summed E-state index contributed by atoms with van der Waals surface area (Å²) >= 11 is 13.4. The summed E-state index contributed by atoms with van der Waals surface area (Å²) in [6, 6.07) is 5.24. The molecule has 2 rings (SSSR count). The first-order valence-electron chi connectivity index (χ1n) is 5.84. The van der Waals surface area contributed by atoms with Crippen molar-refractivity contribution >= 4 is 63.7 Å². The number of benzene rings is 2. The third kappa shape index (κ3) is 3.55. The van der Waals surface area contributed by atoms with Gasteiger partial charge in [0.2, 0.25) is 5.75 Å². The minimum absolute atomic E-state index is 0.0711. The highest BCUT2D eigenvalue weighted by Crippen LogP contribution is 2.50. The number of methoxy groups -OCH3 is 2. The van der Waals surface area contributed by atoms with Crippen LogP contribution in [-0.4, -0.2) is 19.3 Å². The van der Waals surface area contributed by atoms with Gasteiger partial charge in [-0.25, -0.2) is 0 Å². The first-order valence-corrected chi connectivity index (χ1v) is 9.02. The van der Waals surface area contributed by atoms with Gasteiger partial charge < -0.3 is 19.3 Å². The molecule has 2 aromatic rings. The lowest BCUT2D eigenvalue weighted by molar-refractivity contribution is 0.337. The number of hydrogen-bond donors (Lipinski definition) is 1. The Morgan fingerprint density at radius 2 is 1.36 bits per heavy atom. The topological polar surface area (TPSA) is 47.9 Å². The smallest absolute Gasteiger partial charge is 0.213 e. The van der Waals surface area contributed by atoms with Gasteiger partial charge in [0.05, 0.1) is 27.6 Å². The highest BCUT2D eigenvalue weighted by Gasteiger charge is 2.21. The highest BCUT2D eigenvalue weighted by atomic mass is 79.9. The molecule has 0 unspecified atom stereocenters. The van der Waals surface area contributed by atoms with Crippen LogP contribution >= 0.6 is 63.7 Å². The Hall–Kier alpha value is -0.440. The van der Waals surface area contributed by atoms with E-state index in [1.807, 2.05) is 6.07 Å². The molecule has 4 nitrogen and oxygen atoms in total. The Labute approximate surface area is 161 Å². The van der Waals surface area contributed by atoms with Crippen LogP contribution in [0.5, 0.6) is 28.7 Å². The van der Waals surface area contributed by atoms with Crippen LogP contribution in [0.1, 0.15) is 0 Å². The van der Waals surface area contributed by atoms with E-state index < -0.39 is 0 Å². The van der Waals surface area contributed by atoms with E-state index >= 15 is 0 Å². The third-order valence-electron chi connectivity index (χ3n) is 2.71. The minimum Gasteiger partial charge on any atom is -0.503 e. The lowest BCUT2D eigenvalue weighted by atomic mass is 10.2. The molecule has 0 heterocycles. The minimum atomic E-state index is -0.0711. The summed E-state index contributed by atoms with van der Waals surface area (Å²) in [5, 5.41) is 10.3. The number of aromatic hydroxyl groups is 1. The van der Waals surface area contributed by atoms with Crippen LogP contribution in [-0.2, 0) is 0 Å². The van der Waals surface area contributed by atoms with Gasteiger partial charge in [0, 0.05) is 4.47 Å². The Bertz CT molecular complexity index is 719. The van der Waals surface area contributed by atoms with Gasteiger partial charge in [-0.3, -0.25) is 0 Å². The predicted octanol–water partition coefficient (Wildman–Crippen LogP) is 6.25. The van der Waals surface area contributed by atoms with Gasteiger partial charge in [-0.15, -0.1) is 0 Å². The summed E-state index contributed by atoms with van der Waals surface area (Å²) < 4.78 is 19.1. The summed E-state index contributed by atoms with van der Waals surface area (Å²) in [7, 11) is 3.03. The molecule has 8 heteroatoms. The molecule has 118 valence electrons. The van der Waals surface area contributed by atoms with Crippen molar-refractivity contribution in [2.24, 2.45) is 0 Å². The van der Waals surface area contributed by atoms with Crippen molar-refractivity contribution in [3.63, 3.8) is 0 Å². The largest absolute Gasteiger partial charge is 0.503 e. The number of rotatable bonds is 4. The molecule has 2 aromatic carbocycles. The van der Waals surface area contributed by atoms with Gasteiger partial charge in [0.1, 0.15) is 0 Å². The van der Waals surface area contributed by atoms with Gasteiger partial charge in [0.15, 0.2) is 23.0 Å². The van der Waals surface area contributed by atoms with E-state index in [1.165, 1.54) is 14.2 Å². The summed E-state index contributed by atoms with van der Waals surface area (Å²) in [6.45, 7) is 0. The molecule has 0 atom stereocenters. The van der Waals surface area contributed by atoms with Crippen molar-refractivity contribution in [1.82, 2.24) is 0 Å². The fraction of sp³-hybridized carbons (Fsp3) is 0.143. The zero-order valence-electron chi connectivity index (χ0n) is 11.4. The average molecular weight is 562 g/mol. The quantitative estimate of drug-likeness (QED) is 0.479. The van der Waals surface area contributed by atoms with Crippen molar-refractivity contribution in [2.45, 2.75) is 0 Å². The second-order valence-corrected chi connectivity index (χ2v) is 7.55. The van der Waals surface area contributed by atoms with Crippen LogP contribution in [0.25, 0.3) is 0 Å². The molecule has 0 amide bonds. The molecule has 0 bridgehead atoms. The molecule has 0 aliphatic rings. The lowest BCUT2D eigenvalue weighted by Gasteiger charge is -2.17. The van der Waals surface area contributed by atoms with Crippen molar-refractivity contribution in [1.29, 1.82) is 0 Å². The van der Waals surface area contributed by atoms with E-state index in [2.05, 4.69) is 63.7 Å². The van der Waals surface area contributed by atoms with Crippen LogP contribution in [0.2, 0.25) is 0 Å². The number of hydrogen-bond acceptors (Lipinski definition) is 4. The summed E-state index contributed by atoms with van der Waals surface area (Å²) in [5.41, 5.74) is 0. The van der Waals surface area contributed by atoms with Gasteiger partial charge in [-0.05, 0) is 66.0 Å². The fourth-order valence-corrected chi connectivity index (χ4v) is 4.41. The standard InChI is InChI=1S/C14H10Br4O4/c1-20-12-8(17)3-6(15)4-10(12)22-14-11(19)7(16)5-9(18)13(14)21-2/h3-5,19H,1-2H3. The first-order chi connectivity index (χ1) is 10.4. The second kappa shape index (κ2) is 7.42. The van der Waals surface area contributed by atoms with Crippen molar-refractivity contribution < 1.29 is 19.3 Å². The highest BCUT2D eigenvalue weighted by molar-refractivity contribution is 9.11. The van der Waals surface area contributed by atoms with Crippen molar-refractivity contribution in [3.05, 3.63) is 36.1 Å². The first kappa shape index (κ1) is 17.9. The maximum atomic E-state index is 10.3. The maximum Gasteiger partial charge on any atom is 0.213 e. The molecule has 0 spiro atoms. The van der Waals surface area contributed by atoms with E-state index in [0.717, 1.165) is 4.47 Å². The van der Waals surface area contributed by atoms with Gasteiger partial charge in [-0.1, -0.05) is 15.9 Å². The molecule has 1 N–H and O–H groups in total. The SMILES string of the molecule is COc1c(Br)cc(Br)cc1Oc1c(O)c(Br)cc(Br)c1OC. The molecular weight excluding hydrogens is 552 g/mol. The van der Waals surface area contributed by atoms with E-state index in [9.17, 15) is 5.11 Å². The van der Waals surface area contributed by atoms with Gasteiger partial charge in [-0.2, -0.15) is 0 Å². The Morgan fingerprint density at radius 3 is 1.95 bits per heavy atom. The Balaban J connectivity index is 2.61.